The molecule has 16 heavy (non-hydrogen) atoms. The molecule has 0 N–H and O–H groups in total. The number of imidazole rings is 1. The van der Waals surface area contributed by atoms with Crippen LogP contribution in [0, 0.1) is 11.8 Å². The third-order valence-electron chi connectivity index (χ3n) is 2.04. The van der Waals surface area contributed by atoms with Crippen LogP contribution in [-0.2, 0) is 6.54 Å². The van der Waals surface area contributed by atoms with E-state index in [-0.39, 0.29) is 0 Å². The van der Waals surface area contributed by atoms with Crippen LogP contribution in [0.1, 0.15) is 16.1 Å². The van der Waals surface area contributed by atoms with Crippen molar-refractivity contribution in [3.8, 4) is 11.8 Å². The van der Waals surface area contributed by atoms with Gasteiger partial charge in [0.25, 0.3) is 0 Å². The molecule has 0 atom stereocenters. The second-order valence-electron chi connectivity index (χ2n) is 3.26. The largest absolute Gasteiger partial charge is 0.325 e. The summed E-state index contributed by atoms with van der Waals surface area (Å²) in [4.78, 5) is 14.3. The molecule has 78 valence electrons. The Hall–Kier alpha value is -2.34. The molecule has 3 nitrogen and oxygen atoms in total. The molecule has 1 aromatic carbocycles. The molecule has 0 aliphatic heterocycles. The molecule has 0 fully saturated rings. The summed E-state index contributed by atoms with van der Waals surface area (Å²) in [5, 5.41) is 0. The SMILES string of the molecule is O=Cc1cn(CC#Cc2ccccc2)cn1. The predicted molar refractivity (Wildman–Crippen MR) is 60.9 cm³/mol. The standard InChI is InChI=1S/C13H10N2O/c16-10-13-9-15(11-14-13)8-4-7-12-5-2-1-3-6-12/h1-3,5-6,9-11H,8H2. The molecule has 2 aromatic rings. The van der Waals surface area contributed by atoms with Crippen molar-refractivity contribution in [2.45, 2.75) is 6.54 Å². The first-order chi connectivity index (χ1) is 7.88. The Kier molecular flexibility index (Phi) is 3.15. The zero-order chi connectivity index (χ0) is 11.2. The fourth-order valence-electron chi connectivity index (χ4n) is 1.28. The molecule has 0 radical (unpaired) electrons. The maximum atomic E-state index is 10.4. The summed E-state index contributed by atoms with van der Waals surface area (Å²) < 4.78 is 1.78. The zero-order valence-electron chi connectivity index (χ0n) is 8.63. The van der Waals surface area contributed by atoms with Gasteiger partial charge in [-0.1, -0.05) is 30.0 Å². The van der Waals surface area contributed by atoms with Gasteiger partial charge in [0, 0.05) is 11.8 Å². The molecule has 0 bridgehead atoms. The molecule has 1 heterocycles. The van der Waals surface area contributed by atoms with Gasteiger partial charge in [-0.05, 0) is 12.1 Å². The normalized spacial score (nSPS) is 9.25. The summed E-state index contributed by atoms with van der Waals surface area (Å²) >= 11 is 0. The predicted octanol–water partition coefficient (Wildman–Crippen LogP) is 1.75. The van der Waals surface area contributed by atoms with E-state index >= 15 is 0 Å². The number of carbonyl (C=O) groups is 1. The first-order valence-electron chi connectivity index (χ1n) is 4.89. The van der Waals surface area contributed by atoms with Gasteiger partial charge in [-0.2, -0.15) is 0 Å². The minimum absolute atomic E-state index is 0.432. The average Bonchev–Trinajstić information content (AvgIpc) is 2.78. The van der Waals surface area contributed by atoms with Crippen molar-refractivity contribution in [2.75, 3.05) is 0 Å². The minimum atomic E-state index is 0.432. The molecule has 0 amide bonds. The summed E-state index contributed by atoms with van der Waals surface area (Å²) in [6.07, 6.45) is 4.00. The minimum Gasteiger partial charge on any atom is -0.325 e. The van der Waals surface area contributed by atoms with E-state index in [0.717, 1.165) is 11.8 Å². The van der Waals surface area contributed by atoms with Crippen molar-refractivity contribution in [1.29, 1.82) is 0 Å². The molecular weight excluding hydrogens is 200 g/mol. The number of hydrogen-bond acceptors (Lipinski definition) is 2. The van der Waals surface area contributed by atoms with Crippen LogP contribution in [0.2, 0.25) is 0 Å². The highest BCUT2D eigenvalue weighted by Gasteiger charge is 1.93. The number of benzene rings is 1. The number of nitrogens with zero attached hydrogens (tertiary/aromatic N) is 2. The van der Waals surface area contributed by atoms with Gasteiger partial charge in [0.05, 0.1) is 12.9 Å². The summed E-state index contributed by atoms with van der Waals surface area (Å²) in [5.41, 5.74) is 1.42. The lowest BCUT2D eigenvalue weighted by atomic mass is 10.2. The van der Waals surface area contributed by atoms with E-state index in [2.05, 4.69) is 16.8 Å². The number of aldehydes is 1. The molecule has 0 saturated carbocycles. The van der Waals surface area contributed by atoms with Crippen LogP contribution in [0.15, 0.2) is 42.9 Å². The maximum absolute atomic E-state index is 10.4. The lowest BCUT2D eigenvalue weighted by Crippen LogP contribution is -1.90. The van der Waals surface area contributed by atoms with Crippen molar-refractivity contribution in [1.82, 2.24) is 9.55 Å². The van der Waals surface area contributed by atoms with Crippen molar-refractivity contribution in [3.63, 3.8) is 0 Å². The Morgan fingerprint density at radius 3 is 2.81 bits per heavy atom. The van der Waals surface area contributed by atoms with Crippen LogP contribution in [0.4, 0.5) is 0 Å². The monoisotopic (exact) mass is 210 g/mol. The van der Waals surface area contributed by atoms with E-state index in [1.165, 1.54) is 0 Å². The molecule has 0 saturated heterocycles. The molecule has 0 aliphatic rings. The fraction of sp³-hybridized carbons (Fsp3) is 0.0769. The second-order valence-corrected chi connectivity index (χ2v) is 3.26. The smallest absolute Gasteiger partial charge is 0.169 e. The third-order valence-corrected chi connectivity index (χ3v) is 2.04. The van der Waals surface area contributed by atoms with E-state index in [1.807, 2.05) is 30.3 Å². The van der Waals surface area contributed by atoms with Crippen LogP contribution in [0.25, 0.3) is 0 Å². The topological polar surface area (TPSA) is 34.9 Å². The van der Waals surface area contributed by atoms with E-state index in [0.29, 0.717) is 12.2 Å². The molecule has 3 heteroatoms. The van der Waals surface area contributed by atoms with Crippen LogP contribution in [-0.4, -0.2) is 15.8 Å². The summed E-state index contributed by atoms with van der Waals surface area (Å²) in [6.45, 7) is 0.537. The number of rotatable bonds is 2. The van der Waals surface area contributed by atoms with Crippen LogP contribution >= 0.6 is 0 Å². The van der Waals surface area contributed by atoms with Crippen molar-refractivity contribution in [2.24, 2.45) is 0 Å². The first kappa shape index (κ1) is 10.2. The number of carbonyl (C=O) groups excluding carboxylic acids is 1. The molecule has 0 aliphatic carbocycles. The highest BCUT2D eigenvalue weighted by molar-refractivity contribution is 5.70. The van der Waals surface area contributed by atoms with Gasteiger partial charge < -0.3 is 4.57 Å². The zero-order valence-corrected chi connectivity index (χ0v) is 8.63. The van der Waals surface area contributed by atoms with Crippen LogP contribution in [0.3, 0.4) is 0 Å². The van der Waals surface area contributed by atoms with Gasteiger partial charge in [0.15, 0.2) is 6.29 Å². The van der Waals surface area contributed by atoms with Crippen molar-refractivity contribution >= 4 is 6.29 Å². The summed E-state index contributed by atoms with van der Waals surface area (Å²) in [6, 6.07) is 9.77. The highest BCUT2D eigenvalue weighted by atomic mass is 16.1. The molecule has 1 aromatic heterocycles. The third kappa shape index (κ3) is 2.58. The van der Waals surface area contributed by atoms with E-state index in [9.17, 15) is 4.79 Å². The second kappa shape index (κ2) is 4.94. The maximum Gasteiger partial charge on any atom is 0.169 e. The Labute approximate surface area is 93.7 Å². The Balaban J connectivity index is 2.02. The summed E-state index contributed by atoms with van der Waals surface area (Å²) in [5.74, 6) is 6.05. The Morgan fingerprint density at radius 2 is 2.12 bits per heavy atom. The van der Waals surface area contributed by atoms with Gasteiger partial charge in [-0.25, -0.2) is 4.98 Å². The van der Waals surface area contributed by atoms with Crippen molar-refractivity contribution < 1.29 is 4.79 Å². The number of hydrogen-bond donors (Lipinski definition) is 0. The van der Waals surface area contributed by atoms with E-state index in [1.54, 1.807) is 17.1 Å². The fourth-order valence-corrected chi connectivity index (χ4v) is 1.28. The van der Waals surface area contributed by atoms with Gasteiger partial charge in [-0.15, -0.1) is 0 Å². The Bertz CT molecular complexity index is 532. The van der Waals surface area contributed by atoms with E-state index < -0.39 is 0 Å². The highest BCUT2D eigenvalue weighted by Crippen LogP contribution is 1.95. The average molecular weight is 210 g/mol. The van der Waals surface area contributed by atoms with Crippen LogP contribution < -0.4 is 0 Å². The summed E-state index contributed by atoms with van der Waals surface area (Å²) in [7, 11) is 0. The van der Waals surface area contributed by atoms with Gasteiger partial charge >= 0.3 is 0 Å². The molecular formula is C13H10N2O. The lowest BCUT2D eigenvalue weighted by molar-refractivity contribution is 0.111. The first-order valence-corrected chi connectivity index (χ1v) is 4.89. The molecule has 0 spiro atoms. The van der Waals surface area contributed by atoms with Crippen LogP contribution in [0.5, 0.6) is 0 Å². The van der Waals surface area contributed by atoms with Crippen molar-refractivity contribution in [3.05, 3.63) is 54.1 Å². The Morgan fingerprint density at radius 1 is 1.31 bits per heavy atom. The number of aromatic nitrogens is 2. The lowest BCUT2D eigenvalue weighted by Gasteiger charge is -1.91. The molecule has 2 rings (SSSR count). The van der Waals surface area contributed by atoms with Gasteiger partial charge in [-0.3, -0.25) is 4.79 Å². The quantitative estimate of drug-likeness (QED) is 0.559. The molecule has 0 unspecified atom stereocenters. The van der Waals surface area contributed by atoms with E-state index in [4.69, 9.17) is 0 Å². The van der Waals surface area contributed by atoms with Gasteiger partial charge in [0.1, 0.15) is 5.69 Å². The van der Waals surface area contributed by atoms with Gasteiger partial charge in [0.2, 0.25) is 0 Å².